The monoisotopic (exact) mass is 486 g/mol. The van der Waals surface area contributed by atoms with Gasteiger partial charge in [0.2, 0.25) is 11.8 Å². The van der Waals surface area contributed by atoms with E-state index in [4.69, 9.17) is 4.74 Å². The summed E-state index contributed by atoms with van der Waals surface area (Å²) in [6, 6.07) is 9.62. The van der Waals surface area contributed by atoms with Crippen molar-refractivity contribution in [3.63, 3.8) is 0 Å². The molecule has 1 aliphatic rings. The molecule has 184 valence electrons. The van der Waals surface area contributed by atoms with Gasteiger partial charge in [0, 0.05) is 43.9 Å². The van der Waals surface area contributed by atoms with E-state index in [1.807, 2.05) is 51.1 Å². The van der Waals surface area contributed by atoms with E-state index in [-0.39, 0.29) is 41.4 Å². The molecule has 1 aliphatic heterocycles. The van der Waals surface area contributed by atoms with Gasteiger partial charge in [0.25, 0.3) is 0 Å². The lowest BCUT2D eigenvalue weighted by molar-refractivity contribution is -0.146. The number of rotatable bonds is 12. The highest BCUT2D eigenvalue weighted by molar-refractivity contribution is 8.01. The summed E-state index contributed by atoms with van der Waals surface area (Å²) in [6.07, 6.45) is 2.29. The predicted molar refractivity (Wildman–Crippen MR) is 135 cm³/mol. The highest BCUT2D eigenvalue weighted by atomic mass is 32.2. The van der Waals surface area contributed by atoms with E-state index in [1.165, 1.54) is 17.8 Å². The van der Waals surface area contributed by atoms with Crippen LogP contribution in [0.3, 0.4) is 0 Å². The first-order valence-corrected chi connectivity index (χ1v) is 12.4. The highest BCUT2D eigenvalue weighted by Gasteiger charge is 2.41. The molecule has 3 atom stereocenters. The molecule has 3 unspecified atom stereocenters. The van der Waals surface area contributed by atoms with Crippen LogP contribution >= 0.6 is 11.8 Å². The molecule has 2 amide bonds. The number of carbonyl (C=O) groups is 3. The summed E-state index contributed by atoms with van der Waals surface area (Å²) in [7, 11) is 1.76. The molecule has 0 radical (unpaired) electrons. The summed E-state index contributed by atoms with van der Waals surface area (Å²) >= 11 is 1.49. The van der Waals surface area contributed by atoms with Crippen molar-refractivity contribution >= 4 is 40.9 Å². The zero-order chi connectivity index (χ0) is 25.3. The van der Waals surface area contributed by atoms with Gasteiger partial charge in [-0.25, -0.2) is 0 Å². The maximum atomic E-state index is 12.9. The molecule has 9 heteroatoms. The average Bonchev–Trinajstić information content (AvgIpc) is 3.13. The lowest BCUT2D eigenvalue weighted by atomic mass is 10.1. The Morgan fingerprint density at radius 2 is 2.15 bits per heavy atom. The fourth-order valence-electron chi connectivity index (χ4n) is 3.71. The summed E-state index contributed by atoms with van der Waals surface area (Å²) in [5.41, 5.74) is 1.67. The number of nitrogens with one attached hydrogen (secondary N) is 1. The quantitative estimate of drug-likeness (QED) is 0.355. The number of hydrogen-bond donors (Lipinski definition) is 1. The van der Waals surface area contributed by atoms with Crippen molar-refractivity contribution in [3.8, 4) is 6.07 Å². The van der Waals surface area contributed by atoms with E-state index in [0.717, 1.165) is 11.4 Å². The van der Waals surface area contributed by atoms with Gasteiger partial charge in [0.15, 0.2) is 0 Å². The number of nitrogens with zero attached hydrogens (tertiary/aromatic N) is 3. The molecule has 1 N–H and O–H groups in total. The SMILES string of the molecule is C=CCOC(=O)C(C#N)CC1SC(CCNc2cccc(N(C)C(=O)C(C)C)c2)C(=O)N1CC. The zero-order valence-corrected chi connectivity index (χ0v) is 21.1. The van der Waals surface area contributed by atoms with Gasteiger partial charge in [-0.15, -0.1) is 11.8 Å². The van der Waals surface area contributed by atoms with Crippen LogP contribution in [0.5, 0.6) is 0 Å². The van der Waals surface area contributed by atoms with Crippen LogP contribution in [-0.2, 0) is 19.1 Å². The Hall–Kier alpha value is -2.99. The number of anilines is 2. The minimum absolute atomic E-state index is 0.0199. The average molecular weight is 487 g/mol. The van der Waals surface area contributed by atoms with E-state index < -0.39 is 11.9 Å². The fourth-order valence-corrected chi connectivity index (χ4v) is 5.30. The van der Waals surface area contributed by atoms with Crippen molar-refractivity contribution in [2.75, 3.05) is 37.0 Å². The lowest BCUT2D eigenvalue weighted by Gasteiger charge is -2.23. The van der Waals surface area contributed by atoms with Crippen molar-refractivity contribution in [1.82, 2.24) is 4.90 Å². The normalized spacial score (nSPS) is 18.4. The molecule has 0 saturated carbocycles. The number of ether oxygens (including phenoxy) is 1. The third-order valence-corrected chi connectivity index (χ3v) is 7.11. The van der Waals surface area contributed by atoms with Crippen LogP contribution in [0, 0.1) is 23.2 Å². The van der Waals surface area contributed by atoms with Crippen LogP contribution in [0.15, 0.2) is 36.9 Å². The second-order valence-corrected chi connectivity index (χ2v) is 9.74. The van der Waals surface area contributed by atoms with Crippen LogP contribution in [0.1, 0.15) is 33.6 Å². The van der Waals surface area contributed by atoms with Crippen molar-refractivity contribution < 1.29 is 19.1 Å². The Morgan fingerprint density at radius 3 is 2.76 bits per heavy atom. The second kappa shape index (κ2) is 13.0. The van der Waals surface area contributed by atoms with E-state index in [1.54, 1.807) is 16.8 Å². The van der Waals surface area contributed by atoms with Crippen molar-refractivity contribution in [3.05, 3.63) is 36.9 Å². The highest BCUT2D eigenvalue weighted by Crippen LogP contribution is 2.37. The van der Waals surface area contributed by atoms with Crippen molar-refractivity contribution in [2.45, 2.75) is 44.2 Å². The topological polar surface area (TPSA) is 103 Å². The second-order valence-electron chi connectivity index (χ2n) is 8.36. The molecular weight excluding hydrogens is 452 g/mol. The smallest absolute Gasteiger partial charge is 0.323 e. The molecule has 1 saturated heterocycles. The maximum absolute atomic E-state index is 12.9. The van der Waals surface area contributed by atoms with Crippen LogP contribution in [0.4, 0.5) is 11.4 Å². The van der Waals surface area contributed by atoms with Crippen LogP contribution < -0.4 is 10.2 Å². The number of thioether (sulfide) groups is 1. The third-order valence-electron chi connectivity index (χ3n) is 5.58. The molecule has 0 spiro atoms. The predicted octanol–water partition coefficient (Wildman–Crippen LogP) is 3.66. The van der Waals surface area contributed by atoms with Gasteiger partial charge in [-0.05, 0) is 31.5 Å². The van der Waals surface area contributed by atoms with Crippen LogP contribution in [0.2, 0.25) is 0 Å². The van der Waals surface area contributed by atoms with E-state index in [9.17, 15) is 19.6 Å². The van der Waals surface area contributed by atoms with Gasteiger partial charge >= 0.3 is 5.97 Å². The summed E-state index contributed by atoms with van der Waals surface area (Å²) in [6.45, 7) is 10.3. The molecule has 1 aromatic carbocycles. The van der Waals surface area contributed by atoms with Crippen LogP contribution in [-0.4, -0.2) is 60.1 Å². The number of esters is 1. The largest absolute Gasteiger partial charge is 0.460 e. The summed E-state index contributed by atoms with van der Waals surface area (Å²) in [5.74, 6) is -1.54. The minimum atomic E-state index is -0.926. The molecule has 34 heavy (non-hydrogen) atoms. The minimum Gasteiger partial charge on any atom is -0.460 e. The molecule has 1 fully saturated rings. The number of amides is 2. The third kappa shape index (κ3) is 7.00. The van der Waals surface area contributed by atoms with Crippen LogP contribution in [0.25, 0.3) is 0 Å². The first-order chi connectivity index (χ1) is 16.2. The van der Waals surface area contributed by atoms with Gasteiger partial charge in [-0.3, -0.25) is 14.4 Å². The summed E-state index contributed by atoms with van der Waals surface area (Å²) in [5, 5.41) is 12.3. The number of hydrogen-bond acceptors (Lipinski definition) is 7. The fraction of sp³-hybridized carbons (Fsp3) is 0.520. The van der Waals surface area contributed by atoms with E-state index in [0.29, 0.717) is 19.5 Å². The summed E-state index contributed by atoms with van der Waals surface area (Å²) < 4.78 is 5.02. The van der Waals surface area contributed by atoms with Gasteiger partial charge in [-0.2, -0.15) is 5.26 Å². The molecule has 8 nitrogen and oxygen atoms in total. The molecule has 0 aromatic heterocycles. The molecule has 1 heterocycles. The Labute approximate surface area is 206 Å². The molecule has 0 bridgehead atoms. The Kier molecular flexibility index (Phi) is 10.5. The van der Waals surface area contributed by atoms with Gasteiger partial charge in [-0.1, -0.05) is 32.6 Å². The first-order valence-electron chi connectivity index (χ1n) is 11.5. The maximum Gasteiger partial charge on any atom is 0.323 e. The molecule has 2 rings (SSSR count). The van der Waals surface area contributed by atoms with Gasteiger partial charge < -0.3 is 19.9 Å². The van der Waals surface area contributed by atoms with E-state index >= 15 is 0 Å². The number of nitriles is 1. The van der Waals surface area contributed by atoms with Gasteiger partial charge in [0.05, 0.1) is 16.7 Å². The number of benzene rings is 1. The van der Waals surface area contributed by atoms with E-state index in [2.05, 4.69) is 11.9 Å². The van der Waals surface area contributed by atoms with Crippen molar-refractivity contribution in [1.29, 1.82) is 5.26 Å². The Morgan fingerprint density at radius 1 is 1.41 bits per heavy atom. The Bertz CT molecular complexity index is 930. The molecule has 0 aliphatic carbocycles. The van der Waals surface area contributed by atoms with Gasteiger partial charge in [0.1, 0.15) is 12.5 Å². The molecule has 1 aromatic rings. The zero-order valence-electron chi connectivity index (χ0n) is 20.3. The Balaban J connectivity index is 1.95. The number of carbonyl (C=O) groups excluding carboxylic acids is 3. The lowest BCUT2D eigenvalue weighted by Crippen LogP contribution is -2.36. The molecular formula is C25H34N4O4S. The standard InChI is InChI=1S/C25H34N4O4S/c1-6-13-33-25(32)18(16-26)14-22-29(7-2)24(31)21(34-22)11-12-27-19-9-8-10-20(15-19)28(5)23(30)17(3)4/h6,8-10,15,17-18,21-22,27H,1,7,11-14H2,2-5H3. The summed E-state index contributed by atoms with van der Waals surface area (Å²) in [4.78, 5) is 40.7. The first kappa shape index (κ1) is 27.3. The van der Waals surface area contributed by atoms with Crippen molar-refractivity contribution in [2.24, 2.45) is 11.8 Å².